The summed E-state index contributed by atoms with van der Waals surface area (Å²) in [6.45, 7) is 5.79. The first kappa shape index (κ1) is 16.1. The lowest BCUT2D eigenvalue weighted by atomic mass is 9.77. The van der Waals surface area contributed by atoms with E-state index in [1.807, 2.05) is 13.1 Å². The molecule has 24 heavy (non-hydrogen) atoms. The van der Waals surface area contributed by atoms with Crippen LogP contribution in [0.3, 0.4) is 0 Å². The number of aromatic nitrogens is 2. The largest absolute Gasteiger partial charge is 0.345 e. The number of aromatic amines is 1. The van der Waals surface area contributed by atoms with Gasteiger partial charge in [0, 0.05) is 31.0 Å². The molecule has 5 nitrogen and oxygen atoms in total. The molecule has 1 atom stereocenters. The number of nitrogens with zero attached hydrogens (tertiary/aromatic N) is 3. The molecule has 1 aromatic rings. The van der Waals surface area contributed by atoms with E-state index < -0.39 is 0 Å². The smallest absolute Gasteiger partial charge is 0.230 e. The fourth-order valence-electron chi connectivity index (χ4n) is 5.07. The van der Waals surface area contributed by atoms with Gasteiger partial charge in [-0.05, 0) is 45.6 Å². The van der Waals surface area contributed by atoms with Gasteiger partial charge in [-0.15, -0.1) is 0 Å². The lowest BCUT2D eigenvalue weighted by molar-refractivity contribution is -0.149. The number of nitrogens with one attached hydrogen (secondary N) is 1. The van der Waals surface area contributed by atoms with E-state index in [9.17, 15) is 4.79 Å². The highest BCUT2D eigenvalue weighted by molar-refractivity contribution is 5.84. The highest BCUT2D eigenvalue weighted by atomic mass is 16.2. The van der Waals surface area contributed by atoms with Crippen molar-refractivity contribution in [2.45, 2.75) is 70.9 Å². The van der Waals surface area contributed by atoms with Crippen molar-refractivity contribution in [3.8, 4) is 0 Å². The molecule has 1 aromatic heterocycles. The molecule has 4 rings (SSSR count). The quantitative estimate of drug-likeness (QED) is 0.927. The van der Waals surface area contributed by atoms with Gasteiger partial charge in [-0.25, -0.2) is 4.98 Å². The van der Waals surface area contributed by atoms with E-state index in [2.05, 4.69) is 19.8 Å². The van der Waals surface area contributed by atoms with Gasteiger partial charge in [0.2, 0.25) is 5.91 Å². The van der Waals surface area contributed by atoms with Crippen LogP contribution in [0.4, 0.5) is 0 Å². The zero-order valence-corrected chi connectivity index (χ0v) is 14.9. The summed E-state index contributed by atoms with van der Waals surface area (Å²) in [5.41, 5.74) is 0.994. The third-order valence-corrected chi connectivity index (χ3v) is 6.35. The maximum atomic E-state index is 13.3. The minimum absolute atomic E-state index is 0.114. The Morgan fingerprint density at radius 3 is 2.79 bits per heavy atom. The zero-order valence-electron chi connectivity index (χ0n) is 14.9. The summed E-state index contributed by atoms with van der Waals surface area (Å²) in [5, 5.41) is 0. The minimum Gasteiger partial charge on any atom is -0.345 e. The van der Waals surface area contributed by atoms with Crippen LogP contribution in [0.1, 0.15) is 62.9 Å². The molecule has 1 unspecified atom stereocenters. The molecule has 1 N–H and O–H groups in total. The van der Waals surface area contributed by atoms with E-state index in [4.69, 9.17) is 0 Å². The van der Waals surface area contributed by atoms with Crippen LogP contribution in [-0.2, 0) is 11.3 Å². The summed E-state index contributed by atoms with van der Waals surface area (Å²) in [4.78, 5) is 25.8. The Morgan fingerprint density at radius 1 is 1.21 bits per heavy atom. The molecule has 1 saturated carbocycles. The van der Waals surface area contributed by atoms with Gasteiger partial charge in [0.25, 0.3) is 0 Å². The Morgan fingerprint density at radius 2 is 2.04 bits per heavy atom. The second kappa shape index (κ2) is 6.51. The van der Waals surface area contributed by atoms with Gasteiger partial charge < -0.3 is 9.88 Å². The first-order chi connectivity index (χ1) is 11.7. The van der Waals surface area contributed by atoms with E-state index in [0.29, 0.717) is 11.9 Å². The second-order valence-corrected chi connectivity index (χ2v) is 8.15. The molecule has 3 heterocycles. The minimum atomic E-state index is -0.114. The van der Waals surface area contributed by atoms with Gasteiger partial charge in [0.05, 0.1) is 12.0 Å². The Labute approximate surface area is 144 Å². The average molecular weight is 330 g/mol. The van der Waals surface area contributed by atoms with Crippen molar-refractivity contribution < 1.29 is 4.79 Å². The van der Waals surface area contributed by atoms with Crippen molar-refractivity contribution >= 4 is 5.91 Å². The average Bonchev–Trinajstić information content (AvgIpc) is 3.19. The Balaban J connectivity index is 1.43. The molecule has 2 aliphatic heterocycles. The number of likely N-dealkylation sites (tertiary alicyclic amines) is 2. The maximum Gasteiger partial charge on any atom is 0.230 e. The van der Waals surface area contributed by atoms with Gasteiger partial charge >= 0.3 is 0 Å². The lowest BCUT2D eigenvalue weighted by Crippen LogP contribution is -2.54. The topological polar surface area (TPSA) is 52.2 Å². The lowest BCUT2D eigenvalue weighted by Gasteiger charge is -2.44. The number of hydrogen-bond acceptors (Lipinski definition) is 3. The highest BCUT2D eigenvalue weighted by Crippen LogP contribution is 2.42. The maximum absolute atomic E-state index is 13.3. The molecule has 3 fully saturated rings. The van der Waals surface area contributed by atoms with Crippen LogP contribution >= 0.6 is 0 Å². The molecule has 0 radical (unpaired) electrons. The number of piperidine rings is 1. The molecule has 1 amide bonds. The van der Waals surface area contributed by atoms with Gasteiger partial charge in [-0.2, -0.15) is 0 Å². The van der Waals surface area contributed by atoms with Crippen molar-refractivity contribution in [2.24, 2.45) is 5.41 Å². The molecular formula is C19H30N4O. The van der Waals surface area contributed by atoms with Gasteiger partial charge in [0.15, 0.2) is 0 Å². The third kappa shape index (κ3) is 2.99. The van der Waals surface area contributed by atoms with Crippen LogP contribution in [0.5, 0.6) is 0 Å². The molecule has 5 heteroatoms. The van der Waals surface area contributed by atoms with Crippen molar-refractivity contribution in [3.05, 3.63) is 17.7 Å². The molecule has 0 bridgehead atoms. The molecule has 1 spiro atoms. The van der Waals surface area contributed by atoms with Crippen molar-refractivity contribution in [1.29, 1.82) is 0 Å². The molecule has 1 aliphatic carbocycles. The van der Waals surface area contributed by atoms with Crippen LogP contribution < -0.4 is 0 Å². The Hall–Kier alpha value is -1.36. The van der Waals surface area contributed by atoms with Crippen molar-refractivity contribution in [3.63, 3.8) is 0 Å². The molecule has 3 aliphatic rings. The van der Waals surface area contributed by atoms with E-state index in [0.717, 1.165) is 50.5 Å². The number of carbonyl (C=O) groups is 1. The summed E-state index contributed by atoms with van der Waals surface area (Å²) in [7, 11) is 0. The summed E-state index contributed by atoms with van der Waals surface area (Å²) in [6.07, 6.45) is 11.5. The number of H-pyrrole nitrogens is 1. The zero-order chi connectivity index (χ0) is 16.6. The molecule has 0 aromatic carbocycles. The van der Waals surface area contributed by atoms with Gasteiger partial charge in [-0.3, -0.25) is 9.69 Å². The standard InChI is InChI=1S/C19H30N4O/c1-15-12-20-17(21-15)13-22-11-9-19(14-22)8-5-10-23(18(19)24)16-6-3-2-4-7-16/h12,16H,2-11,13-14H2,1H3,(H,20,21). The first-order valence-corrected chi connectivity index (χ1v) is 9.70. The predicted molar refractivity (Wildman–Crippen MR) is 93.5 cm³/mol. The summed E-state index contributed by atoms with van der Waals surface area (Å²) >= 11 is 0. The fraction of sp³-hybridized carbons (Fsp3) is 0.789. The SMILES string of the molecule is Cc1cnc(CN2CCC3(CCCN(C4CCCCC4)C3=O)C2)[nH]1. The number of imidazole rings is 1. The Bertz CT molecular complexity index is 592. The van der Waals surface area contributed by atoms with E-state index in [1.54, 1.807) is 0 Å². The van der Waals surface area contributed by atoms with E-state index in [1.165, 1.54) is 38.5 Å². The highest BCUT2D eigenvalue weighted by Gasteiger charge is 2.49. The fourth-order valence-corrected chi connectivity index (χ4v) is 5.07. The number of hydrogen-bond donors (Lipinski definition) is 1. The van der Waals surface area contributed by atoms with E-state index in [-0.39, 0.29) is 5.41 Å². The monoisotopic (exact) mass is 330 g/mol. The van der Waals surface area contributed by atoms with Gasteiger partial charge in [-0.1, -0.05) is 19.3 Å². The van der Waals surface area contributed by atoms with Crippen LogP contribution in [0, 0.1) is 12.3 Å². The molecule has 132 valence electrons. The van der Waals surface area contributed by atoms with Crippen LogP contribution in [-0.4, -0.2) is 51.4 Å². The summed E-state index contributed by atoms with van der Waals surface area (Å²) < 4.78 is 0. The predicted octanol–water partition coefficient (Wildman–Crippen LogP) is 2.87. The third-order valence-electron chi connectivity index (χ3n) is 6.35. The Kier molecular flexibility index (Phi) is 4.37. The number of aryl methyl sites for hydroxylation is 1. The van der Waals surface area contributed by atoms with Crippen LogP contribution in [0.25, 0.3) is 0 Å². The molecular weight excluding hydrogens is 300 g/mol. The first-order valence-electron chi connectivity index (χ1n) is 9.70. The van der Waals surface area contributed by atoms with Crippen molar-refractivity contribution in [2.75, 3.05) is 19.6 Å². The number of carbonyl (C=O) groups excluding carboxylic acids is 1. The van der Waals surface area contributed by atoms with Crippen LogP contribution in [0.2, 0.25) is 0 Å². The number of rotatable bonds is 3. The van der Waals surface area contributed by atoms with Crippen molar-refractivity contribution in [1.82, 2.24) is 19.8 Å². The molecule has 2 saturated heterocycles. The second-order valence-electron chi connectivity index (χ2n) is 8.15. The summed E-state index contributed by atoms with van der Waals surface area (Å²) in [5.74, 6) is 1.48. The van der Waals surface area contributed by atoms with Gasteiger partial charge in [0.1, 0.15) is 5.82 Å². The van der Waals surface area contributed by atoms with E-state index >= 15 is 0 Å². The normalized spacial score (nSPS) is 29.7. The summed E-state index contributed by atoms with van der Waals surface area (Å²) in [6, 6.07) is 0.519. The van der Waals surface area contributed by atoms with Crippen LogP contribution in [0.15, 0.2) is 6.20 Å². The number of amides is 1.